The van der Waals surface area contributed by atoms with E-state index in [2.05, 4.69) is 12.2 Å². The van der Waals surface area contributed by atoms with Crippen LogP contribution in [0.5, 0.6) is 0 Å². The minimum Gasteiger partial charge on any atom is -0.394 e. The highest BCUT2D eigenvalue weighted by Gasteiger charge is 2.53. The molecule has 19 heteroatoms. The number of amides is 1. The summed E-state index contributed by atoms with van der Waals surface area (Å²) in [7, 11) is 0. The molecule has 342 valence electrons. The second kappa shape index (κ2) is 27.0. The zero-order valence-corrected chi connectivity index (χ0v) is 34.0. The molecule has 0 aromatic heterocycles. The Morgan fingerprint density at radius 3 is 1.43 bits per heavy atom. The number of ether oxygens (including phenoxy) is 6. The molecule has 3 aliphatic heterocycles. The number of carbonyl (C=O) groups excluding carboxylic acids is 1. The first-order chi connectivity index (χ1) is 27.8. The van der Waals surface area contributed by atoms with Gasteiger partial charge < -0.3 is 89.9 Å². The number of unbranched alkanes of at least 4 members (excludes halogenated alkanes) is 12. The average Bonchev–Trinajstić information content (AvgIpc) is 3.22. The molecule has 0 spiro atoms. The van der Waals surface area contributed by atoms with Crippen molar-refractivity contribution in [3.05, 3.63) is 0 Å². The summed E-state index contributed by atoms with van der Waals surface area (Å²) >= 11 is 0. The maximum absolute atomic E-state index is 12.3. The van der Waals surface area contributed by atoms with E-state index in [9.17, 15) is 61.0 Å². The van der Waals surface area contributed by atoms with E-state index in [1.807, 2.05) is 0 Å². The van der Waals surface area contributed by atoms with Crippen molar-refractivity contribution in [1.82, 2.24) is 5.32 Å². The van der Waals surface area contributed by atoms with Gasteiger partial charge in [0.2, 0.25) is 5.91 Å². The Labute approximate surface area is 341 Å². The lowest BCUT2D eigenvalue weighted by molar-refractivity contribution is -0.379. The molecule has 0 radical (unpaired) electrons. The molecule has 17 atom stereocenters. The predicted octanol–water partition coefficient (Wildman–Crippen LogP) is -1.81. The van der Waals surface area contributed by atoms with Crippen LogP contribution in [0.3, 0.4) is 0 Å². The first kappa shape index (κ1) is 51.1. The first-order valence-corrected chi connectivity index (χ1v) is 21.3. The van der Waals surface area contributed by atoms with Gasteiger partial charge in [0.05, 0.1) is 38.6 Å². The smallest absolute Gasteiger partial charge is 0.220 e. The van der Waals surface area contributed by atoms with Gasteiger partial charge in [0.15, 0.2) is 18.9 Å². The van der Waals surface area contributed by atoms with Crippen molar-refractivity contribution in [2.45, 2.75) is 214 Å². The van der Waals surface area contributed by atoms with Crippen LogP contribution in [0.2, 0.25) is 0 Å². The Kier molecular flexibility index (Phi) is 23.8. The molecule has 0 aromatic carbocycles. The standard InChI is InChI=1S/C39H73NO18/c1-3-5-6-7-8-9-10-11-12-13-14-15-16-17-23(44)22(40-27(45)4-2)21-53-37-33(51)30(48)35(25(19-42)55-37)58-39-34(52)31(49)36(26(20-43)56-39)57-38-32(50)29(47)28(46)24(18-41)54-38/h22-26,28-39,41-44,46-52H,3-21H2,1-2H3,(H,40,45). The molecule has 19 nitrogen and oxygen atoms in total. The van der Waals surface area contributed by atoms with Crippen LogP contribution in [-0.2, 0) is 33.2 Å². The van der Waals surface area contributed by atoms with Crippen LogP contribution in [-0.4, -0.2) is 193 Å². The van der Waals surface area contributed by atoms with Crippen LogP contribution in [0.15, 0.2) is 0 Å². The highest BCUT2D eigenvalue weighted by molar-refractivity contribution is 5.75. The van der Waals surface area contributed by atoms with E-state index in [-0.39, 0.29) is 18.9 Å². The fourth-order valence-corrected chi connectivity index (χ4v) is 7.51. The van der Waals surface area contributed by atoms with Gasteiger partial charge in [-0.3, -0.25) is 4.79 Å². The summed E-state index contributed by atoms with van der Waals surface area (Å²) in [5.41, 5.74) is 0. The first-order valence-electron chi connectivity index (χ1n) is 21.3. The minimum atomic E-state index is -1.96. The lowest BCUT2D eigenvalue weighted by Crippen LogP contribution is -2.66. The molecule has 0 bridgehead atoms. The molecule has 0 aromatic rings. The Bertz CT molecular complexity index is 1110. The second-order valence-electron chi connectivity index (χ2n) is 15.8. The highest BCUT2D eigenvalue weighted by atomic mass is 16.8. The molecule has 0 saturated carbocycles. The number of aliphatic hydroxyl groups excluding tert-OH is 11. The molecule has 3 aliphatic rings. The summed E-state index contributed by atoms with van der Waals surface area (Å²) < 4.78 is 33.7. The summed E-state index contributed by atoms with van der Waals surface area (Å²) in [5.74, 6) is -0.333. The lowest BCUT2D eigenvalue weighted by atomic mass is 9.96. The van der Waals surface area contributed by atoms with E-state index in [0.29, 0.717) is 6.42 Å². The van der Waals surface area contributed by atoms with Crippen LogP contribution in [0.25, 0.3) is 0 Å². The van der Waals surface area contributed by atoms with E-state index < -0.39 is 124 Å². The molecule has 12 N–H and O–H groups in total. The third-order valence-electron chi connectivity index (χ3n) is 11.2. The van der Waals surface area contributed by atoms with E-state index >= 15 is 0 Å². The van der Waals surface area contributed by atoms with Crippen molar-refractivity contribution in [2.24, 2.45) is 0 Å². The molecular weight excluding hydrogens is 770 g/mol. The molecule has 3 heterocycles. The summed E-state index contributed by atoms with van der Waals surface area (Å²) in [6, 6.07) is -0.875. The van der Waals surface area contributed by atoms with Gasteiger partial charge in [-0.05, 0) is 6.42 Å². The van der Waals surface area contributed by atoms with Crippen LogP contribution in [0.1, 0.15) is 110 Å². The number of rotatable bonds is 27. The largest absolute Gasteiger partial charge is 0.394 e. The van der Waals surface area contributed by atoms with Crippen LogP contribution < -0.4 is 5.32 Å². The van der Waals surface area contributed by atoms with Crippen molar-refractivity contribution >= 4 is 5.91 Å². The molecule has 3 saturated heterocycles. The molecule has 17 unspecified atom stereocenters. The summed E-state index contributed by atoms with van der Waals surface area (Å²) in [5, 5.41) is 118. The zero-order valence-electron chi connectivity index (χ0n) is 34.0. The Balaban J connectivity index is 1.51. The van der Waals surface area contributed by atoms with Gasteiger partial charge in [-0.1, -0.05) is 97.3 Å². The maximum atomic E-state index is 12.3. The lowest BCUT2D eigenvalue weighted by Gasteiger charge is -2.48. The predicted molar refractivity (Wildman–Crippen MR) is 204 cm³/mol. The van der Waals surface area contributed by atoms with Crippen molar-refractivity contribution in [3.63, 3.8) is 0 Å². The highest BCUT2D eigenvalue weighted by Crippen LogP contribution is 2.33. The normalized spacial score (nSPS) is 36.7. The molecule has 1 amide bonds. The molecule has 58 heavy (non-hydrogen) atoms. The van der Waals surface area contributed by atoms with Gasteiger partial charge in [0, 0.05) is 6.42 Å². The maximum Gasteiger partial charge on any atom is 0.220 e. The van der Waals surface area contributed by atoms with Gasteiger partial charge in [-0.15, -0.1) is 0 Å². The van der Waals surface area contributed by atoms with E-state index in [4.69, 9.17) is 28.4 Å². The fraction of sp³-hybridized carbons (Fsp3) is 0.974. The van der Waals surface area contributed by atoms with Gasteiger partial charge >= 0.3 is 0 Å². The number of carbonyl (C=O) groups is 1. The Morgan fingerprint density at radius 2 is 0.966 bits per heavy atom. The number of nitrogens with one attached hydrogen (secondary N) is 1. The monoisotopic (exact) mass is 843 g/mol. The quantitative estimate of drug-likeness (QED) is 0.0406. The summed E-state index contributed by atoms with van der Waals surface area (Å²) in [6.45, 7) is 1.17. The summed E-state index contributed by atoms with van der Waals surface area (Å²) in [4.78, 5) is 12.3. The zero-order chi connectivity index (χ0) is 42.8. The Hall–Kier alpha value is -1.21. The van der Waals surface area contributed by atoms with Crippen LogP contribution in [0, 0.1) is 0 Å². The minimum absolute atomic E-state index is 0.149. The van der Waals surface area contributed by atoms with E-state index in [1.165, 1.54) is 57.8 Å². The van der Waals surface area contributed by atoms with Crippen LogP contribution in [0.4, 0.5) is 0 Å². The Morgan fingerprint density at radius 1 is 0.552 bits per heavy atom. The molecular formula is C39H73NO18. The van der Waals surface area contributed by atoms with E-state index in [0.717, 1.165) is 25.7 Å². The third kappa shape index (κ3) is 15.0. The SMILES string of the molecule is CCCCCCCCCCCCCCCC(O)C(COC1OC(CO)C(OC2OC(CO)C(OC3OC(CO)C(O)C(O)C3O)C(O)C2O)C(O)C1O)NC(=O)CC. The fourth-order valence-electron chi connectivity index (χ4n) is 7.51. The van der Waals surface area contributed by atoms with E-state index in [1.54, 1.807) is 6.92 Å². The van der Waals surface area contributed by atoms with Gasteiger partial charge in [0.1, 0.15) is 73.2 Å². The van der Waals surface area contributed by atoms with Crippen molar-refractivity contribution in [3.8, 4) is 0 Å². The van der Waals surface area contributed by atoms with Gasteiger partial charge in [0.25, 0.3) is 0 Å². The molecule has 3 rings (SSSR count). The summed E-state index contributed by atoms with van der Waals surface area (Å²) in [6.07, 6.45) is -10.6. The van der Waals surface area contributed by atoms with Crippen LogP contribution >= 0.6 is 0 Å². The van der Waals surface area contributed by atoms with Gasteiger partial charge in [-0.2, -0.15) is 0 Å². The number of hydrogen-bond donors (Lipinski definition) is 12. The van der Waals surface area contributed by atoms with Crippen molar-refractivity contribution < 1.29 is 89.4 Å². The number of aliphatic hydroxyl groups is 11. The van der Waals surface area contributed by atoms with Gasteiger partial charge in [-0.25, -0.2) is 0 Å². The molecule has 3 fully saturated rings. The third-order valence-corrected chi connectivity index (χ3v) is 11.2. The van der Waals surface area contributed by atoms with Crippen molar-refractivity contribution in [2.75, 3.05) is 26.4 Å². The topological polar surface area (TPSA) is 307 Å². The van der Waals surface area contributed by atoms with Crippen molar-refractivity contribution in [1.29, 1.82) is 0 Å². The number of hydrogen-bond acceptors (Lipinski definition) is 18. The second-order valence-corrected chi connectivity index (χ2v) is 15.8. The molecule has 0 aliphatic carbocycles. The average molecular weight is 844 g/mol.